The van der Waals surface area contributed by atoms with Crippen LogP contribution in [-0.2, 0) is 0 Å². The molecule has 1 aromatic heterocycles. The van der Waals surface area contributed by atoms with Crippen LogP contribution in [0.5, 0.6) is 0 Å². The second-order valence-electron chi connectivity index (χ2n) is 6.21. The van der Waals surface area contributed by atoms with E-state index in [9.17, 15) is 0 Å². The van der Waals surface area contributed by atoms with Gasteiger partial charge >= 0.3 is 0 Å². The van der Waals surface area contributed by atoms with Crippen molar-refractivity contribution in [3.05, 3.63) is 5.56 Å². The minimum Gasteiger partial charge on any atom is -0.383 e. The molecule has 2 aliphatic rings. The molecule has 0 aromatic carbocycles. The number of nitrogen functional groups attached to an aromatic ring is 1. The van der Waals surface area contributed by atoms with E-state index in [1.807, 2.05) is 0 Å². The summed E-state index contributed by atoms with van der Waals surface area (Å²) in [6, 6.07) is 0.672. The second kappa shape index (κ2) is 5.29. The lowest BCUT2D eigenvalue weighted by Gasteiger charge is -2.20. The third-order valence-corrected chi connectivity index (χ3v) is 5.18. The SMILES string of the molecule is CC(C)N1CCC(CNc2snc(N)c2C2CC2)C1. The molecule has 0 amide bonds. The van der Waals surface area contributed by atoms with Gasteiger partial charge in [0.1, 0.15) is 10.8 Å². The van der Waals surface area contributed by atoms with E-state index in [0.717, 1.165) is 18.3 Å². The van der Waals surface area contributed by atoms with Crippen molar-refractivity contribution in [2.75, 3.05) is 30.7 Å². The summed E-state index contributed by atoms with van der Waals surface area (Å²) in [4.78, 5) is 2.56. The predicted octanol–water partition coefficient (Wildman–Crippen LogP) is 2.74. The third-order valence-electron chi connectivity index (χ3n) is 4.34. The third kappa shape index (κ3) is 2.87. The van der Waals surface area contributed by atoms with E-state index < -0.39 is 0 Å². The first-order valence-corrected chi connectivity index (χ1v) is 8.15. The number of nitrogens with one attached hydrogen (secondary N) is 1. The van der Waals surface area contributed by atoms with Crippen LogP contribution in [0.25, 0.3) is 0 Å². The van der Waals surface area contributed by atoms with Crippen molar-refractivity contribution in [3.8, 4) is 0 Å². The van der Waals surface area contributed by atoms with Gasteiger partial charge in [-0.15, -0.1) is 0 Å². The fraction of sp³-hybridized carbons (Fsp3) is 0.786. The Labute approximate surface area is 119 Å². The summed E-state index contributed by atoms with van der Waals surface area (Å²) in [6.45, 7) is 8.09. The maximum Gasteiger partial charge on any atom is 0.142 e. The van der Waals surface area contributed by atoms with Crippen molar-refractivity contribution < 1.29 is 0 Å². The molecule has 4 nitrogen and oxygen atoms in total. The Hall–Kier alpha value is -0.810. The van der Waals surface area contributed by atoms with Crippen LogP contribution in [0.2, 0.25) is 0 Å². The molecule has 0 bridgehead atoms. The number of hydrogen-bond donors (Lipinski definition) is 2. The van der Waals surface area contributed by atoms with Crippen molar-refractivity contribution in [3.63, 3.8) is 0 Å². The van der Waals surface area contributed by atoms with E-state index in [-0.39, 0.29) is 0 Å². The van der Waals surface area contributed by atoms with Crippen LogP contribution in [0.1, 0.15) is 44.6 Å². The van der Waals surface area contributed by atoms with Crippen LogP contribution in [0.4, 0.5) is 10.8 Å². The molecule has 106 valence electrons. The molecule has 1 unspecified atom stereocenters. The predicted molar refractivity (Wildman–Crippen MR) is 81.8 cm³/mol. The lowest BCUT2D eigenvalue weighted by molar-refractivity contribution is 0.266. The first-order valence-electron chi connectivity index (χ1n) is 7.38. The van der Waals surface area contributed by atoms with E-state index >= 15 is 0 Å². The van der Waals surface area contributed by atoms with Crippen LogP contribution < -0.4 is 11.1 Å². The zero-order valence-corrected chi connectivity index (χ0v) is 12.7. The number of aromatic nitrogens is 1. The fourth-order valence-corrected chi connectivity index (χ4v) is 3.74. The number of rotatable bonds is 5. The highest BCUT2D eigenvalue weighted by Crippen LogP contribution is 2.47. The summed E-state index contributed by atoms with van der Waals surface area (Å²) in [5.74, 6) is 2.19. The van der Waals surface area contributed by atoms with Gasteiger partial charge in [0.25, 0.3) is 0 Å². The van der Waals surface area contributed by atoms with E-state index in [4.69, 9.17) is 5.73 Å². The molecule has 0 radical (unpaired) electrons. The highest BCUT2D eigenvalue weighted by molar-refractivity contribution is 7.10. The molecule has 5 heteroatoms. The molecule has 1 aliphatic carbocycles. The first-order chi connectivity index (χ1) is 9.15. The smallest absolute Gasteiger partial charge is 0.142 e. The Balaban J connectivity index is 1.55. The standard InChI is InChI=1S/C14H24N4S/c1-9(2)18-6-5-10(8-18)7-16-14-12(11-3-4-11)13(15)17-19-14/h9-11,16H,3-8H2,1-2H3,(H2,15,17). The van der Waals surface area contributed by atoms with E-state index in [0.29, 0.717) is 12.0 Å². The summed E-state index contributed by atoms with van der Waals surface area (Å²) in [7, 11) is 0. The van der Waals surface area contributed by atoms with E-state index in [2.05, 4.69) is 28.4 Å². The monoisotopic (exact) mass is 280 g/mol. The van der Waals surface area contributed by atoms with Crippen molar-refractivity contribution in [2.45, 2.75) is 45.1 Å². The van der Waals surface area contributed by atoms with Crippen molar-refractivity contribution in [1.82, 2.24) is 9.27 Å². The van der Waals surface area contributed by atoms with Gasteiger partial charge in [-0.1, -0.05) is 0 Å². The highest BCUT2D eigenvalue weighted by atomic mass is 32.1. The Morgan fingerprint density at radius 2 is 2.21 bits per heavy atom. The first kappa shape index (κ1) is 13.2. The van der Waals surface area contributed by atoms with Crippen molar-refractivity contribution >= 4 is 22.4 Å². The minimum absolute atomic E-state index is 0.672. The normalized spacial score (nSPS) is 24.3. The summed E-state index contributed by atoms with van der Waals surface area (Å²) < 4.78 is 4.31. The summed E-state index contributed by atoms with van der Waals surface area (Å²) in [5.41, 5.74) is 7.27. The maximum atomic E-state index is 5.98. The quantitative estimate of drug-likeness (QED) is 0.871. The molecule has 3 rings (SSSR count). The Kier molecular flexibility index (Phi) is 3.67. The van der Waals surface area contributed by atoms with Gasteiger partial charge in [0.2, 0.25) is 0 Å². The number of anilines is 2. The number of hydrogen-bond acceptors (Lipinski definition) is 5. The molecule has 1 atom stereocenters. The minimum atomic E-state index is 0.672. The molecular formula is C14H24N4S. The van der Waals surface area contributed by atoms with Gasteiger partial charge < -0.3 is 16.0 Å². The molecule has 1 saturated carbocycles. The van der Waals surface area contributed by atoms with Gasteiger partial charge in [0.05, 0.1) is 0 Å². The van der Waals surface area contributed by atoms with Crippen LogP contribution >= 0.6 is 11.5 Å². The van der Waals surface area contributed by atoms with E-state index in [1.54, 1.807) is 0 Å². The average Bonchev–Trinajstić information content (AvgIpc) is 2.97. The highest BCUT2D eigenvalue weighted by Gasteiger charge is 2.31. The molecular weight excluding hydrogens is 256 g/mol. The maximum absolute atomic E-state index is 5.98. The zero-order valence-electron chi connectivity index (χ0n) is 11.9. The molecule has 1 aliphatic heterocycles. The van der Waals surface area contributed by atoms with Crippen LogP contribution in [-0.4, -0.2) is 34.9 Å². The van der Waals surface area contributed by atoms with Gasteiger partial charge in [-0.2, -0.15) is 4.37 Å². The van der Waals surface area contributed by atoms with Crippen LogP contribution in [0.15, 0.2) is 0 Å². The molecule has 2 fully saturated rings. The number of nitrogens with two attached hydrogens (primary N) is 1. The largest absolute Gasteiger partial charge is 0.383 e. The molecule has 2 heterocycles. The topological polar surface area (TPSA) is 54.2 Å². The molecule has 1 saturated heterocycles. The summed E-state index contributed by atoms with van der Waals surface area (Å²) in [5, 5.41) is 4.83. The van der Waals surface area contributed by atoms with Gasteiger partial charge in [0, 0.05) is 24.7 Å². The van der Waals surface area contributed by atoms with E-state index in [1.165, 1.54) is 54.4 Å². The molecule has 0 spiro atoms. The van der Waals surface area contributed by atoms with Gasteiger partial charge in [-0.3, -0.25) is 0 Å². The van der Waals surface area contributed by atoms with Crippen molar-refractivity contribution in [1.29, 1.82) is 0 Å². The van der Waals surface area contributed by atoms with Gasteiger partial charge in [-0.05, 0) is 63.0 Å². The lowest BCUT2D eigenvalue weighted by atomic mass is 10.1. The van der Waals surface area contributed by atoms with Gasteiger partial charge in [0.15, 0.2) is 0 Å². The van der Waals surface area contributed by atoms with Crippen LogP contribution in [0, 0.1) is 5.92 Å². The number of nitrogens with zero attached hydrogens (tertiary/aromatic N) is 2. The average molecular weight is 280 g/mol. The van der Waals surface area contributed by atoms with Gasteiger partial charge in [-0.25, -0.2) is 0 Å². The summed E-state index contributed by atoms with van der Waals surface area (Å²) >= 11 is 1.54. The zero-order chi connectivity index (χ0) is 13.4. The Bertz CT molecular complexity index is 439. The van der Waals surface area contributed by atoms with Crippen LogP contribution in [0.3, 0.4) is 0 Å². The molecule has 1 aromatic rings. The number of likely N-dealkylation sites (tertiary alicyclic amines) is 1. The summed E-state index contributed by atoms with van der Waals surface area (Å²) in [6.07, 6.45) is 3.86. The molecule has 19 heavy (non-hydrogen) atoms. The Morgan fingerprint density at radius 1 is 1.42 bits per heavy atom. The lowest BCUT2D eigenvalue weighted by Crippen LogP contribution is -2.29. The molecule has 3 N–H and O–H groups in total. The second-order valence-corrected chi connectivity index (χ2v) is 6.98. The Morgan fingerprint density at radius 3 is 2.84 bits per heavy atom. The fourth-order valence-electron chi connectivity index (χ4n) is 2.94. The van der Waals surface area contributed by atoms with Crippen molar-refractivity contribution in [2.24, 2.45) is 5.92 Å².